The summed E-state index contributed by atoms with van der Waals surface area (Å²) in [5.74, 6) is 4.17. The van der Waals surface area contributed by atoms with E-state index in [1.54, 1.807) is 6.33 Å². The van der Waals surface area contributed by atoms with Crippen LogP contribution in [0.1, 0.15) is 38.5 Å². The molecule has 1 aromatic rings. The largest absolute Gasteiger partial charge is 0.383 e. The van der Waals surface area contributed by atoms with Crippen LogP contribution in [-0.4, -0.2) is 15.5 Å². The molecular weight excluding hydrogens is 304 g/mol. The van der Waals surface area contributed by atoms with Crippen molar-refractivity contribution in [3.05, 3.63) is 10.8 Å². The van der Waals surface area contributed by atoms with Crippen molar-refractivity contribution >= 4 is 27.6 Å². The monoisotopic (exact) mass is 322 g/mol. The number of nitrogens with zero attached hydrogens (tertiary/aromatic N) is 2. The third kappa shape index (κ3) is 1.93. The van der Waals surface area contributed by atoms with Crippen LogP contribution in [-0.2, 0) is 0 Å². The van der Waals surface area contributed by atoms with Gasteiger partial charge in [0.05, 0.1) is 0 Å². The van der Waals surface area contributed by atoms with Gasteiger partial charge in [-0.15, -0.1) is 0 Å². The predicted octanol–water partition coefficient (Wildman–Crippen LogP) is 3.20. The summed E-state index contributed by atoms with van der Waals surface area (Å²) in [6, 6.07) is 0. The normalized spacial score (nSPS) is 39.5. The Morgan fingerprint density at radius 1 is 1.11 bits per heavy atom. The number of hydrogen-bond donors (Lipinski definition) is 2. The van der Waals surface area contributed by atoms with E-state index in [4.69, 9.17) is 5.73 Å². The highest BCUT2D eigenvalue weighted by Gasteiger charge is 2.51. The van der Waals surface area contributed by atoms with E-state index in [9.17, 15) is 0 Å². The minimum absolute atomic E-state index is 0.262. The second kappa shape index (κ2) is 4.08. The SMILES string of the molecule is Nc1ncnc(NC23CC4CC(CC(C4)C2)C3)c1Br. The number of anilines is 2. The quantitative estimate of drug-likeness (QED) is 0.877. The fourth-order valence-electron chi connectivity index (χ4n) is 4.99. The van der Waals surface area contributed by atoms with Gasteiger partial charge in [-0.1, -0.05) is 0 Å². The van der Waals surface area contributed by atoms with Crippen LogP contribution in [0, 0.1) is 17.8 Å². The molecule has 0 aromatic carbocycles. The first-order chi connectivity index (χ1) is 9.13. The highest BCUT2D eigenvalue weighted by atomic mass is 79.9. The summed E-state index contributed by atoms with van der Waals surface area (Å²) < 4.78 is 0.811. The van der Waals surface area contributed by atoms with Crippen LogP contribution in [0.2, 0.25) is 0 Å². The van der Waals surface area contributed by atoms with Gasteiger partial charge in [-0.2, -0.15) is 0 Å². The van der Waals surface area contributed by atoms with Gasteiger partial charge in [0.1, 0.15) is 22.4 Å². The van der Waals surface area contributed by atoms with E-state index >= 15 is 0 Å². The van der Waals surface area contributed by atoms with Gasteiger partial charge >= 0.3 is 0 Å². The summed E-state index contributed by atoms with van der Waals surface area (Å²) in [6.45, 7) is 0. The van der Waals surface area contributed by atoms with Crippen LogP contribution in [0.3, 0.4) is 0 Å². The number of halogens is 1. The van der Waals surface area contributed by atoms with Gasteiger partial charge in [-0.05, 0) is 72.2 Å². The molecule has 4 bridgehead atoms. The molecule has 0 spiro atoms. The molecule has 1 heterocycles. The van der Waals surface area contributed by atoms with Gasteiger partial charge in [0, 0.05) is 5.54 Å². The van der Waals surface area contributed by atoms with Crippen LogP contribution < -0.4 is 11.1 Å². The van der Waals surface area contributed by atoms with Crippen molar-refractivity contribution in [2.24, 2.45) is 17.8 Å². The molecule has 3 N–H and O–H groups in total. The Morgan fingerprint density at radius 2 is 1.68 bits per heavy atom. The van der Waals surface area contributed by atoms with Crippen molar-refractivity contribution < 1.29 is 0 Å². The van der Waals surface area contributed by atoms with Crippen molar-refractivity contribution in [2.75, 3.05) is 11.1 Å². The Balaban J connectivity index is 1.64. The van der Waals surface area contributed by atoms with Gasteiger partial charge in [0.15, 0.2) is 0 Å². The number of nitrogen functional groups attached to an aromatic ring is 1. The first-order valence-electron chi connectivity index (χ1n) is 7.18. The second-order valence-electron chi connectivity index (χ2n) is 6.74. The van der Waals surface area contributed by atoms with Crippen LogP contribution in [0.15, 0.2) is 10.8 Å². The lowest BCUT2D eigenvalue weighted by Gasteiger charge is -2.57. The van der Waals surface area contributed by atoms with E-state index in [-0.39, 0.29) is 5.54 Å². The predicted molar refractivity (Wildman–Crippen MR) is 78.7 cm³/mol. The molecule has 19 heavy (non-hydrogen) atoms. The maximum absolute atomic E-state index is 5.85. The lowest BCUT2D eigenvalue weighted by atomic mass is 9.53. The molecule has 4 saturated carbocycles. The summed E-state index contributed by atoms with van der Waals surface area (Å²) in [5.41, 5.74) is 6.11. The fourth-order valence-corrected chi connectivity index (χ4v) is 5.29. The average molecular weight is 323 g/mol. The molecule has 4 fully saturated rings. The Kier molecular flexibility index (Phi) is 2.56. The Labute approximate surface area is 121 Å². The third-order valence-electron chi connectivity index (χ3n) is 5.24. The summed E-state index contributed by atoms with van der Waals surface area (Å²) in [5, 5.41) is 3.72. The molecule has 0 atom stereocenters. The smallest absolute Gasteiger partial charge is 0.146 e. The Bertz CT molecular complexity index is 481. The molecule has 5 rings (SSSR count). The molecule has 0 aliphatic heterocycles. The zero-order chi connectivity index (χ0) is 13.0. The Hall–Kier alpha value is -0.840. The Morgan fingerprint density at radius 3 is 2.26 bits per heavy atom. The topological polar surface area (TPSA) is 63.8 Å². The van der Waals surface area contributed by atoms with Gasteiger partial charge in [-0.25, -0.2) is 9.97 Å². The van der Waals surface area contributed by atoms with Gasteiger partial charge < -0.3 is 11.1 Å². The van der Waals surface area contributed by atoms with Crippen LogP contribution in [0.5, 0.6) is 0 Å². The number of aromatic nitrogens is 2. The van der Waals surface area contributed by atoms with E-state index in [1.165, 1.54) is 38.5 Å². The standard InChI is InChI=1S/C14H19BrN4/c15-11-12(16)17-7-18-13(11)19-14-4-8-1-9(5-14)3-10(2-8)6-14/h7-10H,1-6H2,(H3,16,17,18,19). The van der Waals surface area contributed by atoms with Crippen LogP contribution in [0.25, 0.3) is 0 Å². The zero-order valence-corrected chi connectivity index (χ0v) is 12.5. The lowest BCUT2D eigenvalue weighted by Crippen LogP contribution is -2.55. The highest BCUT2D eigenvalue weighted by Crippen LogP contribution is 2.56. The minimum Gasteiger partial charge on any atom is -0.383 e. The number of hydrogen-bond acceptors (Lipinski definition) is 4. The van der Waals surface area contributed by atoms with Crippen LogP contribution in [0.4, 0.5) is 11.6 Å². The van der Waals surface area contributed by atoms with Crippen molar-refractivity contribution in [2.45, 2.75) is 44.1 Å². The van der Waals surface area contributed by atoms with E-state index in [0.717, 1.165) is 28.0 Å². The van der Waals surface area contributed by atoms with E-state index in [1.807, 2.05) is 0 Å². The van der Waals surface area contributed by atoms with Crippen LogP contribution >= 0.6 is 15.9 Å². The molecule has 102 valence electrons. The molecule has 4 aliphatic carbocycles. The molecule has 1 aromatic heterocycles. The second-order valence-corrected chi connectivity index (χ2v) is 7.54. The molecular formula is C14H19BrN4. The van der Waals surface area contributed by atoms with Crippen molar-refractivity contribution in [3.63, 3.8) is 0 Å². The molecule has 0 amide bonds. The fraction of sp³-hybridized carbons (Fsp3) is 0.714. The molecule has 0 saturated heterocycles. The minimum atomic E-state index is 0.262. The first-order valence-corrected chi connectivity index (χ1v) is 7.97. The van der Waals surface area contributed by atoms with E-state index < -0.39 is 0 Å². The summed E-state index contributed by atoms with van der Waals surface area (Å²) >= 11 is 3.51. The number of nitrogens with one attached hydrogen (secondary N) is 1. The van der Waals surface area contributed by atoms with E-state index in [0.29, 0.717) is 5.82 Å². The summed E-state index contributed by atoms with van der Waals surface area (Å²) in [6.07, 6.45) is 9.80. The molecule has 0 unspecified atom stereocenters. The average Bonchev–Trinajstić information content (AvgIpc) is 2.33. The molecule has 4 nitrogen and oxygen atoms in total. The summed E-state index contributed by atoms with van der Waals surface area (Å²) in [7, 11) is 0. The molecule has 5 heteroatoms. The van der Waals surface area contributed by atoms with Gasteiger partial charge in [0.25, 0.3) is 0 Å². The zero-order valence-electron chi connectivity index (χ0n) is 10.9. The lowest BCUT2D eigenvalue weighted by molar-refractivity contribution is 0.0105. The maximum Gasteiger partial charge on any atom is 0.146 e. The molecule has 0 radical (unpaired) electrons. The maximum atomic E-state index is 5.85. The number of nitrogens with two attached hydrogens (primary N) is 1. The van der Waals surface area contributed by atoms with Crippen molar-refractivity contribution in [1.29, 1.82) is 0 Å². The van der Waals surface area contributed by atoms with Gasteiger partial charge in [0.2, 0.25) is 0 Å². The highest BCUT2D eigenvalue weighted by molar-refractivity contribution is 9.10. The van der Waals surface area contributed by atoms with Crippen molar-refractivity contribution in [3.8, 4) is 0 Å². The van der Waals surface area contributed by atoms with Gasteiger partial charge in [-0.3, -0.25) is 0 Å². The summed E-state index contributed by atoms with van der Waals surface area (Å²) in [4.78, 5) is 8.38. The number of rotatable bonds is 2. The molecule has 4 aliphatic rings. The third-order valence-corrected chi connectivity index (χ3v) is 6.02. The first kappa shape index (κ1) is 11.9. The van der Waals surface area contributed by atoms with E-state index in [2.05, 4.69) is 31.2 Å². The van der Waals surface area contributed by atoms with Crippen molar-refractivity contribution in [1.82, 2.24) is 9.97 Å².